The van der Waals surface area contributed by atoms with E-state index >= 15 is 0 Å². The van der Waals surface area contributed by atoms with Gasteiger partial charge in [-0.05, 0) is 37.1 Å². The normalized spacial score (nSPS) is 15.2. The second kappa shape index (κ2) is 5.78. The third kappa shape index (κ3) is 3.05. The van der Waals surface area contributed by atoms with Crippen molar-refractivity contribution in [3.8, 4) is 0 Å². The van der Waals surface area contributed by atoms with E-state index in [1.165, 1.54) is 6.07 Å². The first-order valence-corrected chi connectivity index (χ1v) is 6.39. The van der Waals surface area contributed by atoms with Gasteiger partial charge in [0.05, 0.1) is 0 Å². The molecule has 2 atom stereocenters. The molecule has 0 amide bonds. The van der Waals surface area contributed by atoms with E-state index < -0.39 is 0 Å². The summed E-state index contributed by atoms with van der Waals surface area (Å²) in [5, 5.41) is 3.21. The molecule has 0 saturated heterocycles. The highest BCUT2D eigenvalue weighted by atomic mass is 79.9. The summed E-state index contributed by atoms with van der Waals surface area (Å²) in [4.78, 5) is 0. The van der Waals surface area contributed by atoms with Gasteiger partial charge < -0.3 is 5.32 Å². The van der Waals surface area contributed by atoms with Gasteiger partial charge in [0.25, 0.3) is 0 Å². The Kier molecular flexibility index (Phi) is 4.93. The molecular formula is C13H19BrFN. The summed E-state index contributed by atoms with van der Waals surface area (Å²) in [6.45, 7) is 6.46. The molecule has 1 nitrogen and oxygen atoms in total. The molecule has 0 radical (unpaired) electrons. The summed E-state index contributed by atoms with van der Waals surface area (Å²) < 4.78 is 14.7. The molecule has 1 N–H and O–H groups in total. The number of hydrogen-bond acceptors (Lipinski definition) is 1. The monoisotopic (exact) mass is 287 g/mol. The van der Waals surface area contributed by atoms with Crippen molar-refractivity contribution < 1.29 is 4.39 Å². The van der Waals surface area contributed by atoms with Crippen LogP contribution in [0.2, 0.25) is 0 Å². The van der Waals surface area contributed by atoms with E-state index in [-0.39, 0.29) is 11.9 Å². The van der Waals surface area contributed by atoms with Crippen molar-refractivity contribution in [1.29, 1.82) is 0 Å². The fourth-order valence-electron chi connectivity index (χ4n) is 1.84. The Morgan fingerprint density at radius 2 is 1.88 bits per heavy atom. The van der Waals surface area contributed by atoms with Crippen molar-refractivity contribution in [1.82, 2.24) is 5.32 Å². The van der Waals surface area contributed by atoms with E-state index in [1.54, 1.807) is 6.07 Å². The summed E-state index contributed by atoms with van der Waals surface area (Å²) in [5.74, 6) is 0.750. The van der Waals surface area contributed by atoms with Crippen LogP contribution in [0.1, 0.15) is 32.4 Å². The van der Waals surface area contributed by atoms with Crippen molar-refractivity contribution >= 4 is 15.9 Å². The number of nitrogens with one attached hydrogen (secondary N) is 1. The Hall–Kier alpha value is -0.410. The van der Waals surface area contributed by atoms with Crippen molar-refractivity contribution in [2.24, 2.45) is 11.8 Å². The van der Waals surface area contributed by atoms with Crippen LogP contribution in [0.4, 0.5) is 4.39 Å². The summed E-state index contributed by atoms with van der Waals surface area (Å²) in [7, 11) is 1.88. The zero-order valence-electron chi connectivity index (χ0n) is 10.2. The summed E-state index contributed by atoms with van der Waals surface area (Å²) in [5.41, 5.74) is 0.734. The van der Waals surface area contributed by atoms with E-state index in [4.69, 9.17) is 0 Å². The van der Waals surface area contributed by atoms with Crippen LogP contribution < -0.4 is 5.32 Å². The van der Waals surface area contributed by atoms with Gasteiger partial charge >= 0.3 is 0 Å². The highest BCUT2D eigenvalue weighted by molar-refractivity contribution is 9.10. The predicted octanol–water partition coefficient (Wildman–Crippen LogP) is 4.14. The average Bonchev–Trinajstić information content (AvgIpc) is 2.23. The van der Waals surface area contributed by atoms with Crippen LogP contribution in [0.5, 0.6) is 0 Å². The molecule has 16 heavy (non-hydrogen) atoms. The molecule has 0 fully saturated rings. The van der Waals surface area contributed by atoms with Gasteiger partial charge in [-0.2, -0.15) is 0 Å². The maximum Gasteiger partial charge on any atom is 0.128 e. The lowest BCUT2D eigenvalue weighted by Gasteiger charge is -2.27. The minimum atomic E-state index is -0.143. The molecule has 2 unspecified atom stereocenters. The molecule has 0 aliphatic carbocycles. The lowest BCUT2D eigenvalue weighted by molar-refractivity contribution is 0.310. The largest absolute Gasteiger partial charge is 0.313 e. The minimum absolute atomic E-state index is 0.0532. The second-order valence-corrected chi connectivity index (χ2v) is 5.45. The number of hydrogen-bond donors (Lipinski definition) is 1. The first-order valence-electron chi connectivity index (χ1n) is 5.59. The molecule has 0 spiro atoms. The molecule has 1 rings (SSSR count). The average molecular weight is 288 g/mol. The van der Waals surface area contributed by atoms with Gasteiger partial charge in [0.2, 0.25) is 0 Å². The molecule has 1 aromatic rings. The molecule has 0 bridgehead atoms. The standard InChI is InChI=1S/C13H19BrFN/c1-8(2)9(3)13(16-4)11-7-10(14)5-6-12(11)15/h5-9,13,16H,1-4H3. The van der Waals surface area contributed by atoms with Gasteiger partial charge in [0.1, 0.15) is 5.82 Å². The molecule has 90 valence electrons. The van der Waals surface area contributed by atoms with Crippen LogP contribution in [0.15, 0.2) is 22.7 Å². The van der Waals surface area contributed by atoms with E-state index in [0.717, 1.165) is 10.0 Å². The fraction of sp³-hybridized carbons (Fsp3) is 0.538. The van der Waals surface area contributed by atoms with Crippen molar-refractivity contribution in [3.05, 3.63) is 34.1 Å². The first-order chi connectivity index (χ1) is 7.47. The molecule has 0 aromatic heterocycles. The van der Waals surface area contributed by atoms with Crippen LogP contribution in [0.3, 0.4) is 0 Å². The molecular weight excluding hydrogens is 269 g/mol. The highest BCUT2D eigenvalue weighted by Crippen LogP contribution is 2.30. The van der Waals surface area contributed by atoms with E-state index in [2.05, 4.69) is 42.0 Å². The zero-order chi connectivity index (χ0) is 12.3. The molecule has 1 aromatic carbocycles. The van der Waals surface area contributed by atoms with Gasteiger partial charge in [0, 0.05) is 16.1 Å². The Morgan fingerprint density at radius 3 is 2.38 bits per heavy atom. The lowest BCUT2D eigenvalue weighted by Crippen LogP contribution is -2.27. The number of halogens is 2. The summed E-state index contributed by atoms with van der Waals surface area (Å²) in [6.07, 6.45) is 0. The van der Waals surface area contributed by atoms with Gasteiger partial charge in [0.15, 0.2) is 0 Å². The molecule has 0 aliphatic rings. The van der Waals surface area contributed by atoms with Crippen LogP contribution in [-0.4, -0.2) is 7.05 Å². The number of benzene rings is 1. The van der Waals surface area contributed by atoms with Gasteiger partial charge in [-0.1, -0.05) is 36.7 Å². The third-order valence-electron chi connectivity index (χ3n) is 3.18. The van der Waals surface area contributed by atoms with Crippen molar-refractivity contribution in [2.45, 2.75) is 26.8 Å². The predicted molar refractivity (Wildman–Crippen MR) is 69.9 cm³/mol. The quantitative estimate of drug-likeness (QED) is 0.878. The lowest BCUT2D eigenvalue weighted by atomic mass is 9.86. The smallest absolute Gasteiger partial charge is 0.128 e. The zero-order valence-corrected chi connectivity index (χ0v) is 11.8. The van der Waals surface area contributed by atoms with Gasteiger partial charge in [-0.3, -0.25) is 0 Å². The fourth-order valence-corrected chi connectivity index (χ4v) is 2.22. The van der Waals surface area contributed by atoms with Crippen LogP contribution in [-0.2, 0) is 0 Å². The van der Waals surface area contributed by atoms with E-state index in [9.17, 15) is 4.39 Å². The summed E-state index contributed by atoms with van der Waals surface area (Å²) >= 11 is 3.39. The molecule has 0 heterocycles. The maximum atomic E-state index is 13.8. The summed E-state index contributed by atoms with van der Waals surface area (Å²) in [6, 6.07) is 5.15. The molecule has 3 heteroatoms. The maximum absolute atomic E-state index is 13.8. The van der Waals surface area contributed by atoms with Crippen LogP contribution >= 0.6 is 15.9 Å². The van der Waals surface area contributed by atoms with E-state index in [0.29, 0.717) is 11.8 Å². The van der Waals surface area contributed by atoms with Crippen molar-refractivity contribution in [2.75, 3.05) is 7.05 Å². The Bertz CT molecular complexity index is 352. The van der Waals surface area contributed by atoms with Crippen molar-refractivity contribution in [3.63, 3.8) is 0 Å². The minimum Gasteiger partial charge on any atom is -0.313 e. The third-order valence-corrected chi connectivity index (χ3v) is 3.67. The number of rotatable bonds is 4. The Labute approximate surface area is 106 Å². The second-order valence-electron chi connectivity index (χ2n) is 4.54. The topological polar surface area (TPSA) is 12.0 Å². The van der Waals surface area contributed by atoms with Gasteiger partial charge in [-0.25, -0.2) is 4.39 Å². The van der Waals surface area contributed by atoms with Gasteiger partial charge in [-0.15, -0.1) is 0 Å². The Balaban J connectivity index is 3.07. The SMILES string of the molecule is CNC(c1cc(Br)ccc1F)C(C)C(C)C. The molecule has 0 aliphatic heterocycles. The Morgan fingerprint density at radius 1 is 1.25 bits per heavy atom. The van der Waals surface area contributed by atoms with E-state index in [1.807, 2.05) is 13.1 Å². The highest BCUT2D eigenvalue weighted by Gasteiger charge is 2.23. The molecule has 0 saturated carbocycles. The van der Waals surface area contributed by atoms with Crippen LogP contribution in [0.25, 0.3) is 0 Å². The first kappa shape index (κ1) is 13.7. The van der Waals surface area contributed by atoms with Crippen LogP contribution in [0, 0.1) is 17.7 Å².